The fourth-order valence-corrected chi connectivity index (χ4v) is 2.29. The molecule has 9 heteroatoms. The lowest BCUT2D eigenvalue weighted by atomic mass is 10.2. The van der Waals surface area contributed by atoms with E-state index in [1.165, 1.54) is 6.20 Å². The van der Waals surface area contributed by atoms with E-state index in [-0.39, 0.29) is 17.7 Å². The number of hydrogen-bond donors (Lipinski definition) is 2. The maximum Gasteiger partial charge on any atom is 0.286 e. The van der Waals surface area contributed by atoms with E-state index < -0.39 is 30.0 Å². The molecule has 6 nitrogen and oxygen atoms in total. The predicted molar refractivity (Wildman–Crippen MR) is 74.2 cm³/mol. The second-order valence-corrected chi connectivity index (χ2v) is 5.22. The van der Waals surface area contributed by atoms with Crippen molar-refractivity contribution < 1.29 is 13.6 Å². The van der Waals surface area contributed by atoms with Gasteiger partial charge >= 0.3 is 0 Å². The van der Waals surface area contributed by atoms with Crippen molar-refractivity contribution in [3.8, 4) is 0 Å². The van der Waals surface area contributed by atoms with Crippen LogP contribution >= 0.6 is 11.6 Å². The molecule has 116 valence electrons. The average molecular weight is 321 g/mol. The fourth-order valence-electron chi connectivity index (χ4n) is 2.05. The zero-order valence-corrected chi connectivity index (χ0v) is 12.0. The molecule has 0 bridgehead atoms. The normalized spacial score (nSPS) is 22.5. The van der Waals surface area contributed by atoms with Crippen molar-refractivity contribution >= 4 is 23.2 Å². The van der Waals surface area contributed by atoms with Crippen molar-refractivity contribution in [2.24, 2.45) is 0 Å². The summed E-state index contributed by atoms with van der Waals surface area (Å²) in [6, 6.07) is 0.355. The van der Waals surface area contributed by atoms with Crippen LogP contribution in [0.25, 0.3) is 0 Å². The van der Waals surface area contributed by atoms with Crippen molar-refractivity contribution in [2.45, 2.75) is 24.5 Å². The van der Waals surface area contributed by atoms with Crippen LogP contribution in [0.1, 0.15) is 6.42 Å². The SMILES string of the molecule is CN1NC(C(=O)Nc2cc(F)c(=O)n(CCF)c2)CC1Cl. The van der Waals surface area contributed by atoms with Gasteiger partial charge in [-0.25, -0.2) is 19.2 Å². The van der Waals surface area contributed by atoms with Gasteiger partial charge in [0.2, 0.25) is 5.91 Å². The first-order valence-electron chi connectivity index (χ1n) is 6.32. The lowest BCUT2D eigenvalue weighted by Crippen LogP contribution is -2.41. The summed E-state index contributed by atoms with van der Waals surface area (Å²) < 4.78 is 26.7. The molecule has 0 spiro atoms. The van der Waals surface area contributed by atoms with E-state index in [1.807, 2.05) is 0 Å². The van der Waals surface area contributed by atoms with Gasteiger partial charge in [0.15, 0.2) is 5.82 Å². The van der Waals surface area contributed by atoms with Crippen molar-refractivity contribution in [3.05, 3.63) is 28.4 Å². The number of nitrogens with one attached hydrogen (secondary N) is 2. The van der Waals surface area contributed by atoms with Crippen LogP contribution in [0.4, 0.5) is 14.5 Å². The molecule has 0 saturated carbocycles. The van der Waals surface area contributed by atoms with Gasteiger partial charge < -0.3 is 9.88 Å². The Kier molecular flexibility index (Phi) is 4.92. The summed E-state index contributed by atoms with van der Waals surface area (Å²) in [5, 5.41) is 4.08. The molecule has 0 radical (unpaired) electrons. The van der Waals surface area contributed by atoms with Gasteiger partial charge in [-0.15, -0.1) is 11.6 Å². The smallest absolute Gasteiger partial charge is 0.286 e. The molecule has 1 aromatic heterocycles. The van der Waals surface area contributed by atoms with Gasteiger partial charge in [-0.2, -0.15) is 0 Å². The molecule has 2 atom stereocenters. The van der Waals surface area contributed by atoms with E-state index in [9.17, 15) is 18.4 Å². The number of nitrogens with zero attached hydrogens (tertiary/aromatic N) is 2. The maximum absolute atomic E-state index is 13.5. The first-order valence-corrected chi connectivity index (χ1v) is 6.76. The highest BCUT2D eigenvalue weighted by Gasteiger charge is 2.32. The second-order valence-electron chi connectivity index (χ2n) is 4.72. The molecule has 1 amide bonds. The second kappa shape index (κ2) is 6.50. The van der Waals surface area contributed by atoms with Crippen LogP contribution in [0.15, 0.2) is 17.1 Å². The van der Waals surface area contributed by atoms with Gasteiger partial charge in [-0.1, -0.05) is 0 Å². The molecule has 2 heterocycles. The van der Waals surface area contributed by atoms with E-state index in [4.69, 9.17) is 11.6 Å². The molecule has 2 N–H and O–H groups in total. The Morgan fingerprint density at radius 2 is 2.33 bits per heavy atom. The highest BCUT2D eigenvalue weighted by molar-refractivity contribution is 6.20. The van der Waals surface area contributed by atoms with Gasteiger partial charge in [-0.05, 0) is 0 Å². The highest BCUT2D eigenvalue weighted by Crippen LogP contribution is 2.17. The van der Waals surface area contributed by atoms with E-state index in [0.717, 1.165) is 10.6 Å². The van der Waals surface area contributed by atoms with Crippen molar-refractivity contribution in [2.75, 3.05) is 19.0 Å². The third-order valence-electron chi connectivity index (χ3n) is 3.16. The number of carbonyl (C=O) groups excluding carboxylic acids is 1. The number of anilines is 1. The first-order chi connectivity index (χ1) is 9.92. The molecular formula is C12H15ClF2N4O2. The summed E-state index contributed by atoms with van der Waals surface area (Å²) in [5.74, 6) is -1.46. The van der Waals surface area contributed by atoms with Gasteiger partial charge in [0.1, 0.15) is 12.7 Å². The predicted octanol–water partition coefficient (Wildman–Crippen LogP) is 0.669. The van der Waals surface area contributed by atoms with Crippen LogP contribution in [-0.4, -0.2) is 40.7 Å². The summed E-state index contributed by atoms with van der Waals surface area (Å²) >= 11 is 5.95. The van der Waals surface area contributed by atoms with Gasteiger partial charge in [0.05, 0.1) is 17.7 Å². The Morgan fingerprint density at radius 1 is 1.62 bits per heavy atom. The number of aryl methyl sites for hydroxylation is 1. The fraction of sp³-hybridized carbons (Fsp3) is 0.500. The zero-order valence-electron chi connectivity index (χ0n) is 11.3. The van der Waals surface area contributed by atoms with E-state index in [2.05, 4.69) is 10.7 Å². The van der Waals surface area contributed by atoms with E-state index in [0.29, 0.717) is 6.42 Å². The summed E-state index contributed by atoms with van der Waals surface area (Å²) in [6.07, 6.45) is 1.59. The van der Waals surface area contributed by atoms with Crippen molar-refractivity contribution in [1.29, 1.82) is 0 Å². The summed E-state index contributed by atoms with van der Waals surface area (Å²) in [6.45, 7) is -1.08. The molecule has 1 aromatic rings. The summed E-state index contributed by atoms with van der Waals surface area (Å²) in [5.41, 5.74) is 1.70. The molecule has 2 rings (SSSR count). The van der Waals surface area contributed by atoms with Crippen molar-refractivity contribution in [3.63, 3.8) is 0 Å². The Hall–Kier alpha value is -1.51. The topological polar surface area (TPSA) is 66.4 Å². The standard InChI is InChI=1S/C12H15ClF2N4O2/c1-18-10(13)5-9(17-18)11(20)16-7-4-8(15)12(21)19(6-7)3-2-14/h4,6,9-10,17H,2-3,5H2,1H3,(H,16,20). The highest BCUT2D eigenvalue weighted by atomic mass is 35.5. The van der Waals surface area contributed by atoms with Crippen LogP contribution in [-0.2, 0) is 11.3 Å². The molecule has 0 aromatic carbocycles. The van der Waals surface area contributed by atoms with Crippen LogP contribution in [0.2, 0.25) is 0 Å². The van der Waals surface area contributed by atoms with Crippen LogP contribution in [0.5, 0.6) is 0 Å². The molecule has 1 aliphatic heterocycles. The lowest BCUT2D eigenvalue weighted by molar-refractivity contribution is -0.118. The van der Waals surface area contributed by atoms with Crippen LogP contribution < -0.4 is 16.3 Å². The minimum atomic E-state index is -1.05. The number of hydrogen-bond acceptors (Lipinski definition) is 4. The monoisotopic (exact) mass is 320 g/mol. The quantitative estimate of drug-likeness (QED) is 0.632. The largest absolute Gasteiger partial charge is 0.323 e. The Balaban J connectivity index is 2.12. The molecule has 2 unspecified atom stereocenters. The number of alkyl halides is 2. The number of hydrazine groups is 1. The molecule has 1 aliphatic rings. The van der Waals surface area contributed by atoms with Crippen molar-refractivity contribution in [1.82, 2.24) is 15.0 Å². The molecule has 0 aliphatic carbocycles. The molecular weight excluding hydrogens is 306 g/mol. The number of pyridine rings is 1. The molecule has 1 fully saturated rings. The average Bonchev–Trinajstić information content (AvgIpc) is 2.76. The van der Waals surface area contributed by atoms with Gasteiger partial charge in [-0.3, -0.25) is 9.59 Å². The van der Waals surface area contributed by atoms with Crippen LogP contribution in [0.3, 0.4) is 0 Å². The Bertz CT molecular complexity index is 585. The minimum Gasteiger partial charge on any atom is -0.323 e. The van der Waals surface area contributed by atoms with Crippen LogP contribution in [0, 0.1) is 5.82 Å². The number of rotatable bonds is 4. The maximum atomic E-state index is 13.5. The lowest BCUT2D eigenvalue weighted by Gasteiger charge is -2.14. The molecule has 21 heavy (non-hydrogen) atoms. The Labute approximate surface area is 124 Å². The Morgan fingerprint density at radius 3 is 2.90 bits per heavy atom. The third kappa shape index (κ3) is 3.58. The summed E-state index contributed by atoms with van der Waals surface area (Å²) in [7, 11) is 1.70. The van der Waals surface area contributed by atoms with Gasteiger partial charge in [0, 0.05) is 25.7 Å². The number of aromatic nitrogens is 1. The minimum absolute atomic E-state index is 0.0908. The number of halogens is 3. The van der Waals surface area contributed by atoms with Gasteiger partial charge in [0.25, 0.3) is 5.56 Å². The van der Waals surface area contributed by atoms with E-state index >= 15 is 0 Å². The first kappa shape index (κ1) is 15.9. The zero-order chi connectivity index (χ0) is 15.6. The third-order valence-corrected chi connectivity index (χ3v) is 3.63. The van der Waals surface area contributed by atoms with E-state index in [1.54, 1.807) is 12.1 Å². The summed E-state index contributed by atoms with van der Waals surface area (Å²) in [4.78, 5) is 23.4. The number of carbonyl (C=O) groups is 1. The number of amides is 1. The molecule has 1 saturated heterocycles.